The molecule has 0 aliphatic heterocycles. The summed E-state index contributed by atoms with van der Waals surface area (Å²) in [6, 6.07) is 5.04. The van der Waals surface area contributed by atoms with Gasteiger partial charge in [0.25, 0.3) is 0 Å². The van der Waals surface area contributed by atoms with Gasteiger partial charge >= 0.3 is 0 Å². The first-order valence-electron chi connectivity index (χ1n) is 6.35. The van der Waals surface area contributed by atoms with Gasteiger partial charge in [-0.2, -0.15) is 0 Å². The Bertz CT molecular complexity index is 437. The van der Waals surface area contributed by atoms with Crippen molar-refractivity contribution >= 4 is 5.91 Å². The van der Waals surface area contributed by atoms with Crippen LogP contribution in [-0.2, 0) is 17.9 Å². The molecular weight excluding hydrogens is 245 g/mol. The lowest BCUT2D eigenvalue weighted by Gasteiger charge is -2.20. The van der Waals surface area contributed by atoms with E-state index in [-0.39, 0.29) is 17.6 Å². The average molecular weight is 267 g/mol. The van der Waals surface area contributed by atoms with Crippen molar-refractivity contribution in [2.45, 2.75) is 20.0 Å². The SMILES string of the molecule is CNC(=O)C(C)CN(C)Cc1ccc(CN)cc1F. The minimum Gasteiger partial charge on any atom is -0.359 e. The van der Waals surface area contributed by atoms with Crippen LogP contribution >= 0.6 is 0 Å². The number of rotatable bonds is 6. The minimum atomic E-state index is -0.248. The molecule has 0 aliphatic rings. The molecule has 19 heavy (non-hydrogen) atoms. The Morgan fingerprint density at radius 1 is 1.53 bits per heavy atom. The summed E-state index contributed by atoms with van der Waals surface area (Å²) in [6.07, 6.45) is 0. The van der Waals surface area contributed by atoms with E-state index in [9.17, 15) is 9.18 Å². The molecule has 5 heteroatoms. The highest BCUT2D eigenvalue weighted by atomic mass is 19.1. The highest BCUT2D eigenvalue weighted by molar-refractivity contribution is 5.78. The van der Waals surface area contributed by atoms with E-state index in [1.165, 1.54) is 6.07 Å². The number of nitrogens with one attached hydrogen (secondary N) is 1. The summed E-state index contributed by atoms with van der Waals surface area (Å²) in [5.74, 6) is -0.380. The van der Waals surface area contributed by atoms with Gasteiger partial charge in [-0.1, -0.05) is 19.1 Å². The van der Waals surface area contributed by atoms with Gasteiger partial charge < -0.3 is 16.0 Å². The van der Waals surface area contributed by atoms with Gasteiger partial charge in [0.05, 0.1) is 0 Å². The number of carbonyl (C=O) groups is 1. The van der Waals surface area contributed by atoms with Crippen LogP contribution in [0, 0.1) is 11.7 Å². The molecule has 1 unspecified atom stereocenters. The third kappa shape index (κ3) is 4.61. The fraction of sp³-hybridized carbons (Fsp3) is 0.500. The highest BCUT2D eigenvalue weighted by Gasteiger charge is 2.14. The maximum absolute atomic E-state index is 13.8. The van der Waals surface area contributed by atoms with Crippen LogP contribution in [0.4, 0.5) is 4.39 Å². The van der Waals surface area contributed by atoms with E-state index in [0.29, 0.717) is 25.2 Å². The van der Waals surface area contributed by atoms with E-state index >= 15 is 0 Å². The van der Waals surface area contributed by atoms with Crippen LogP contribution in [-0.4, -0.2) is 31.4 Å². The molecular formula is C14H22FN3O. The number of halogens is 1. The molecule has 1 atom stereocenters. The summed E-state index contributed by atoms with van der Waals surface area (Å²) in [6.45, 7) is 3.24. The Morgan fingerprint density at radius 3 is 2.74 bits per heavy atom. The van der Waals surface area contributed by atoms with Gasteiger partial charge in [-0.15, -0.1) is 0 Å². The zero-order valence-electron chi connectivity index (χ0n) is 11.7. The molecule has 0 radical (unpaired) electrons. The Kier molecular flexibility index (Phi) is 5.92. The molecule has 1 rings (SSSR count). The van der Waals surface area contributed by atoms with E-state index in [0.717, 1.165) is 5.56 Å². The smallest absolute Gasteiger partial charge is 0.223 e. The fourth-order valence-corrected chi connectivity index (χ4v) is 2.00. The lowest BCUT2D eigenvalue weighted by atomic mass is 10.1. The standard InChI is InChI=1S/C14H22FN3O/c1-10(14(19)17-2)8-18(3)9-12-5-4-11(7-16)6-13(12)15/h4-6,10H,7-9,16H2,1-3H3,(H,17,19). The van der Waals surface area contributed by atoms with Crippen molar-refractivity contribution in [1.29, 1.82) is 0 Å². The summed E-state index contributed by atoms with van der Waals surface area (Å²) in [7, 11) is 3.49. The third-order valence-corrected chi connectivity index (χ3v) is 3.07. The van der Waals surface area contributed by atoms with Crippen molar-refractivity contribution in [2.75, 3.05) is 20.6 Å². The topological polar surface area (TPSA) is 58.4 Å². The van der Waals surface area contributed by atoms with Crippen molar-refractivity contribution in [1.82, 2.24) is 10.2 Å². The molecule has 1 amide bonds. The van der Waals surface area contributed by atoms with Crippen LogP contribution in [0.3, 0.4) is 0 Å². The molecule has 1 aromatic carbocycles. The first-order valence-corrected chi connectivity index (χ1v) is 6.35. The monoisotopic (exact) mass is 267 g/mol. The van der Waals surface area contributed by atoms with Crippen LogP contribution in [0.15, 0.2) is 18.2 Å². The van der Waals surface area contributed by atoms with Gasteiger partial charge in [-0.3, -0.25) is 4.79 Å². The first kappa shape index (κ1) is 15.6. The second-order valence-electron chi connectivity index (χ2n) is 4.84. The van der Waals surface area contributed by atoms with Crippen molar-refractivity contribution in [3.63, 3.8) is 0 Å². The third-order valence-electron chi connectivity index (χ3n) is 3.07. The number of carbonyl (C=O) groups excluding carboxylic acids is 1. The quantitative estimate of drug-likeness (QED) is 0.811. The molecule has 0 saturated heterocycles. The molecule has 0 aliphatic carbocycles. The molecule has 1 aromatic rings. The summed E-state index contributed by atoms with van der Waals surface area (Å²) >= 11 is 0. The van der Waals surface area contributed by atoms with Gasteiger partial charge in [0.2, 0.25) is 5.91 Å². The van der Waals surface area contributed by atoms with Crippen LogP contribution in [0.2, 0.25) is 0 Å². The number of benzene rings is 1. The summed E-state index contributed by atoms with van der Waals surface area (Å²) in [4.78, 5) is 13.4. The molecule has 4 nitrogen and oxygen atoms in total. The summed E-state index contributed by atoms with van der Waals surface area (Å²) in [5, 5.41) is 2.61. The molecule has 3 N–H and O–H groups in total. The number of hydrogen-bond acceptors (Lipinski definition) is 3. The Labute approximate surface area is 113 Å². The zero-order valence-corrected chi connectivity index (χ0v) is 11.7. The Morgan fingerprint density at radius 2 is 2.21 bits per heavy atom. The van der Waals surface area contributed by atoms with Crippen LogP contribution in [0.5, 0.6) is 0 Å². The van der Waals surface area contributed by atoms with E-state index in [2.05, 4.69) is 5.32 Å². The van der Waals surface area contributed by atoms with Gasteiger partial charge in [0, 0.05) is 38.2 Å². The second-order valence-corrected chi connectivity index (χ2v) is 4.84. The largest absolute Gasteiger partial charge is 0.359 e. The number of hydrogen-bond donors (Lipinski definition) is 2. The van der Waals surface area contributed by atoms with Crippen molar-refractivity contribution in [3.05, 3.63) is 35.1 Å². The normalized spacial score (nSPS) is 12.5. The predicted molar refractivity (Wildman–Crippen MR) is 73.9 cm³/mol. The Balaban J connectivity index is 2.61. The van der Waals surface area contributed by atoms with Gasteiger partial charge in [0.15, 0.2) is 0 Å². The molecule has 0 fully saturated rings. The Hall–Kier alpha value is -1.46. The number of nitrogens with zero attached hydrogens (tertiary/aromatic N) is 1. The molecule has 0 aromatic heterocycles. The van der Waals surface area contributed by atoms with Crippen LogP contribution < -0.4 is 11.1 Å². The van der Waals surface area contributed by atoms with Crippen molar-refractivity contribution < 1.29 is 9.18 Å². The molecule has 106 valence electrons. The van der Waals surface area contributed by atoms with E-state index in [4.69, 9.17) is 5.73 Å². The lowest BCUT2D eigenvalue weighted by Crippen LogP contribution is -2.34. The lowest BCUT2D eigenvalue weighted by molar-refractivity contribution is -0.124. The van der Waals surface area contributed by atoms with E-state index in [1.807, 2.05) is 24.9 Å². The van der Waals surface area contributed by atoms with Crippen molar-refractivity contribution in [3.8, 4) is 0 Å². The van der Waals surface area contributed by atoms with Gasteiger partial charge in [0.1, 0.15) is 5.82 Å². The van der Waals surface area contributed by atoms with Crippen LogP contribution in [0.25, 0.3) is 0 Å². The van der Waals surface area contributed by atoms with Gasteiger partial charge in [-0.25, -0.2) is 4.39 Å². The minimum absolute atomic E-state index is 0.00852. The van der Waals surface area contributed by atoms with E-state index in [1.54, 1.807) is 13.1 Å². The summed E-state index contributed by atoms with van der Waals surface area (Å²) in [5.41, 5.74) is 6.86. The van der Waals surface area contributed by atoms with Gasteiger partial charge in [-0.05, 0) is 18.7 Å². The molecule has 0 saturated carbocycles. The maximum atomic E-state index is 13.8. The zero-order chi connectivity index (χ0) is 14.4. The fourth-order valence-electron chi connectivity index (χ4n) is 2.00. The second kappa shape index (κ2) is 7.21. The summed E-state index contributed by atoms with van der Waals surface area (Å²) < 4.78 is 13.8. The molecule has 0 bridgehead atoms. The average Bonchev–Trinajstić information content (AvgIpc) is 2.39. The predicted octanol–water partition coefficient (Wildman–Crippen LogP) is 1.10. The number of nitrogens with two attached hydrogens (primary N) is 1. The number of amides is 1. The van der Waals surface area contributed by atoms with Crippen molar-refractivity contribution in [2.24, 2.45) is 11.7 Å². The molecule has 0 spiro atoms. The highest BCUT2D eigenvalue weighted by Crippen LogP contribution is 2.13. The maximum Gasteiger partial charge on any atom is 0.223 e. The van der Waals surface area contributed by atoms with Crippen LogP contribution in [0.1, 0.15) is 18.1 Å². The molecule has 0 heterocycles. The first-order chi connectivity index (χ1) is 8.97. The van der Waals surface area contributed by atoms with E-state index < -0.39 is 0 Å².